The van der Waals surface area contributed by atoms with Gasteiger partial charge in [-0.1, -0.05) is 5.21 Å². The van der Waals surface area contributed by atoms with Gasteiger partial charge in [0.2, 0.25) is 0 Å². The van der Waals surface area contributed by atoms with Crippen molar-refractivity contribution in [1.82, 2.24) is 20.3 Å². The first-order valence-electron chi connectivity index (χ1n) is 5.40. The molecule has 0 saturated carbocycles. The maximum absolute atomic E-state index is 5.40. The minimum Gasteiger partial charge on any atom is -0.381 e. The number of nitrogens with zero attached hydrogens (tertiary/aromatic N) is 3. The standard InChI is InChI=1S/C10H18N4O/c1-11-10(8-3-4-15-7-8)5-9-6-14(2)13-12-9/h6,8,10-11H,3-5,7H2,1-2H3. The summed E-state index contributed by atoms with van der Waals surface area (Å²) in [6.07, 6.45) is 4.05. The van der Waals surface area contributed by atoms with Crippen LogP contribution in [-0.4, -0.2) is 41.3 Å². The summed E-state index contributed by atoms with van der Waals surface area (Å²) in [7, 11) is 3.89. The molecule has 1 aliphatic heterocycles. The lowest BCUT2D eigenvalue weighted by Crippen LogP contribution is -2.36. The van der Waals surface area contributed by atoms with Gasteiger partial charge in [-0.3, -0.25) is 4.68 Å². The fraction of sp³-hybridized carbons (Fsp3) is 0.800. The van der Waals surface area contributed by atoms with Crippen molar-refractivity contribution in [3.05, 3.63) is 11.9 Å². The quantitative estimate of drug-likeness (QED) is 0.759. The number of aromatic nitrogens is 3. The summed E-state index contributed by atoms with van der Waals surface area (Å²) in [6.45, 7) is 1.76. The van der Waals surface area contributed by atoms with Crippen LogP contribution in [-0.2, 0) is 18.2 Å². The Morgan fingerprint density at radius 3 is 3.13 bits per heavy atom. The molecule has 84 valence electrons. The Hall–Kier alpha value is -0.940. The van der Waals surface area contributed by atoms with Crippen LogP contribution in [0.5, 0.6) is 0 Å². The van der Waals surface area contributed by atoms with E-state index >= 15 is 0 Å². The first kappa shape index (κ1) is 10.6. The number of aryl methyl sites for hydroxylation is 1. The predicted molar refractivity (Wildman–Crippen MR) is 56.5 cm³/mol. The topological polar surface area (TPSA) is 52.0 Å². The van der Waals surface area contributed by atoms with Gasteiger partial charge in [0.05, 0.1) is 12.3 Å². The Balaban J connectivity index is 1.95. The molecule has 1 aromatic rings. The number of rotatable bonds is 4. The van der Waals surface area contributed by atoms with Gasteiger partial charge in [0.25, 0.3) is 0 Å². The first-order valence-corrected chi connectivity index (χ1v) is 5.40. The van der Waals surface area contributed by atoms with Crippen LogP contribution in [0.15, 0.2) is 6.20 Å². The molecule has 2 heterocycles. The van der Waals surface area contributed by atoms with E-state index in [1.165, 1.54) is 0 Å². The Morgan fingerprint density at radius 1 is 1.73 bits per heavy atom. The Bertz CT molecular complexity index is 306. The molecule has 0 bridgehead atoms. The average molecular weight is 210 g/mol. The zero-order valence-corrected chi connectivity index (χ0v) is 9.31. The van der Waals surface area contributed by atoms with E-state index < -0.39 is 0 Å². The zero-order chi connectivity index (χ0) is 10.7. The van der Waals surface area contributed by atoms with Crippen LogP contribution in [0.25, 0.3) is 0 Å². The molecule has 1 aromatic heterocycles. The van der Waals surface area contributed by atoms with E-state index in [0.717, 1.165) is 31.7 Å². The second kappa shape index (κ2) is 4.72. The summed E-state index contributed by atoms with van der Waals surface area (Å²) in [6, 6.07) is 0.448. The maximum Gasteiger partial charge on any atom is 0.0842 e. The Kier molecular flexibility index (Phi) is 3.33. The number of nitrogens with one attached hydrogen (secondary N) is 1. The van der Waals surface area contributed by atoms with Crippen molar-refractivity contribution in [2.45, 2.75) is 18.9 Å². The van der Waals surface area contributed by atoms with Crippen molar-refractivity contribution in [3.63, 3.8) is 0 Å². The summed E-state index contributed by atoms with van der Waals surface area (Å²) in [5.74, 6) is 0.608. The third kappa shape index (κ3) is 2.54. The molecule has 1 aliphatic rings. The van der Waals surface area contributed by atoms with Crippen molar-refractivity contribution in [2.75, 3.05) is 20.3 Å². The van der Waals surface area contributed by atoms with Crippen molar-refractivity contribution in [1.29, 1.82) is 0 Å². The van der Waals surface area contributed by atoms with E-state index in [1.54, 1.807) is 4.68 Å². The van der Waals surface area contributed by atoms with Gasteiger partial charge < -0.3 is 10.1 Å². The monoisotopic (exact) mass is 210 g/mol. The molecule has 0 radical (unpaired) electrons. The summed E-state index contributed by atoms with van der Waals surface area (Å²) >= 11 is 0. The van der Waals surface area contributed by atoms with Gasteiger partial charge in [-0.15, -0.1) is 5.10 Å². The van der Waals surface area contributed by atoms with Gasteiger partial charge in [0.15, 0.2) is 0 Å². The lowest BCUT2D eigenvalue weighted by Gasteiger charge is -2.20. The number of hydrogen-bond acceptors (Lipinski definition) is 4. The number of likely N-dealkylation sites (N-methyl/N-ethyl adjacent to an activating group) is 1. The van der Waals surface area contributed by atoms with E-state index in [-0.39, 0.29) is 0 Å². The molecule has 5 nitrogen and oxygen atoms in total. The Labute approximate surface area is 89.8 Å². The molecule has 2 atom stereocenters. The zero-order valence-electron chi connectivity index (χ0n) is 9.31. The molecular formula is C10H18N4O. The molecule has 1 N–H and O–H groups in total. The van der Waals surface area contributed by atoms with Gasteiger partial charge in [0.1, 0.15) is 0 Å². The highest BCUT2D eigenvalue weighted by molar-refractivity contribution is 4.97. The second-order valence-electron chi connectivity index (χ2n) is 4.11. The molecule has 0 aliphatic carbocycles. The van der Waals surface area contributed by atoms with E-state index in [9.17, 15) is 0 Å². The normalized spacial score (nSPS) is 23.2. The van der Waals surface area contributed by atoms with Crippen LogP contribution >= 0.6 is 0 Å². The van der Waals surface area contributed by atoms with E-state index in [4.69, 9.17) is 4.74 Å². The molecule has 1 saturated heterocycles. The molecule has 15 heavy (non-hydrogen) atoms. The van der Waals surface area contributed by atoms with Crippen LogP contribution < -0.4 is 5.32 Å². The van der Waals surface area contributed by atoms with Crippen LogP contribution in [0.1, 0.15) is 12.1 Å². The Morgan fingerprint density at radius 2 is 2.60 bits per heavy atom. The third-order valence-corrected chi connectivity index (χ3v) is 2.98. The third-order valence-electron chi connectivity index (χ3n) is 2.98. The molecule has 2 rings (SSSR count). The number of ether oxygens (including phenoxy) is 1. The van der Waals surface area contributed by atoms with E-state index in [1.807, 2.05) is 20.3 Å². The van der Waals surface area contributed by atoms with Crippen molar-refractivity contribution in [2.24, 2.45) is 13.0 Å². The van der Waals surface area contributed by atoms with E-state index in [2.05, 4.69) is 15.6 Å². The molecule has 5 heteroatoms. The summed E-state index contributed by atoms with van der Waals surface area (Å²) in [5.41, 5.74) is 1.05. The predicted octanol–water partition coefficient (Wildman–Crippen LogP) is -0.0179. The van der Waals surface area contributed by atoms with Crippen molar-refractivity contribution >= 4 is 0 Å². The van der Waals surface area contributed by atoms with Gasteiger partial charge in [-0.05, 0) is 13.5 Å². The molecule has 2 unspecified atom stereocenters. The smallest absolute Gasteiger partial charge is 0.0842 e. The molecular weight excluding hydrogens is 192 g/mol. The molecule has 1 fully saturated rings. The van der Waals surface area contributed by atoms with Crippen LogP contribution in [0.4, 0.5) is 0 Å². The van der Waals surface area contributed by atoms with Gasteiger partial charge >= 0.3 is 0 Å². The molecule has 0 spiro atoms. The highest BCUT2D eigenvalue weighted by Gasteiger charge is 2.25. The van der Waals surface area contributed by atoms with Crippen LogP contribution in [0.2, 0.25) is 0 Å². The van der Waals surface area contributed by atoms with Gasteiger partial charge in [-0.25, -0.2) is 0 Å². The number of hydrogen-bond donors (Lipinski definition) is 1. The minimum absolute atomic E-state index is 0.448. The highest BCUT2D eigenvalue weighted by atomic mass is 16.5. The fourth-order valence-corrected chi connectivity index (χ4v) is 2.09. The summed E-state index contributed by atoms with van der Waals surface area (Å²) < 4.78 is 7.14. The summed E-state index contributed by atoms with van der Waals surface area (Å²) in [4.78, 5) is 0. The SMILES string of the molecule is CNC(Cc1cn(C)nn1)C1CCOC1. The summed E-state index contributed by atoms with van der Waals surface area (Å²) in [5, 5.41) is 11.4. The fourth-order valence-electron chi connectivity index (χ4n) is 2.09. The lowest BCUT2D eigenvalue weighted by atomic mass is 9.95. The van der Waals surface area contributed by atoms with Gasteiger partial charge in [-0.2, -0.15) is 0 Å². The molecule has 0 aromatic carbocycles. The van der Waals surface area contributed by atoms with E-state index in [0.29, 0.717) is 12.0 Å². The van der Waals surface area contributed by atoms with Crippen LogP contribution in [0, 0.1) is 5.92 Å². The second-order valence-corrected chi connectivity index (χ2v) is 4.11. The lowest BCUT2D eigenvalue weighted by molar-refractivity contribution is 0.177. The highest BCUT2D eigenvalue weighted by Crippen LogP contribution is 2.18. The first-order chi connectivity index (χ1) is 7.29. The largest absolute Gasteiger partial charge is 0.381 e. The van der Waals surface area contributed by atoms with Gasteiger partial charge in [0, 0.05) is 38.2 Å². The maximum atomic E-state index is 5.40. The molecule has 0 amide bonds. The van der Waals surface area contributed by atoms with Crippen molar-refractivity contribution < 1.29 is 4.74 Å². The van der Waals surface area contributed by atoms with Crippen LogP contribution in [0.3, 0.4) is 0 Å². The minimum atomic E-state index is 0.448. The average Bonchev–Trinajstić information content (AvgIpc) is 2.85. The van der Waals surface area contributed by atoms with Crippen molar-refractivity contribution in [3.8, 4) is 0 Å².